The van der Waals surface area contributed by atoms with Crippen molar-refractivity contribution < 1.29 is 9.84 Å². The van der Waals surface area contributed by atoms with Gasteiger partial charge in [-0.15, -0.1) is 6.58 Å². The lowest BCUT2D eigenvalue weighted by Crippen LogP contribution is -2.26. The van der Waals surface area contributed by atoms with E-state index in [4.69, 9.17) is 10.5 Å². The van der Waals surface area contributed by atoms with Gasteiger partial charge in [-0.3, -0.25) is 0 Å². The van der Waals surface area contributed by atoms with Crippen molar-refractivity contribution in [2.24, 2.45) is 0 Å². The highest BCUT2D eigenvalue weighted by molar-refractivity contribution is 5.81. The molecular weight excluding hydrogens is 234 g/mol. The topological polar surface area (TPSA) is 99.1 Å². The van der Waals surface area contributed by atoms with E-state index in [1.54, 1.807) is 17.0 Å². The summed E-state index contributed by atoms with van der Waals surface area (Å²) in [7, 11) is 0. The summed E-state index contributed by atoms with van der Waals surface area (Å²) in [6.07, 6.45) is 3.52. The van der Waals surface area contributed by atoms with E-state index in [-0.39, 0.29) is 12.1 Å². The Hall–Kier alpha value is -1.99. The second-order valence-electron chi connectivity index (χ2n) is 4.17. The summed E-state index contributed by atoms with van der Waals surface area (Å²) in [4.78, 5) is 12.2. The molecule has 0 bridgehead atoms. The highest BCUT2D eigenvalue weighted by atomic mass is 16.5. The summed E-state index contributed by atoms with van der Waals surface area (Å²) in [6, 6.07) is -0.243. The number of aliphatic hydroxyl groups excluding tert-OH is 1. The molecular formula is C11H13N5O2. The molecule has 0 aliphatic carbocycles. The lowest BCUT2D eigenvalue weighted by Gasteiger charge is -2.16. The molecule has 1 aliphatic heterocycles. The summed E-state index contributed by atoms with van der Waals surface area (Å²) in [5.41, 5.74) is 6.85. The van der Waals surface area contributed by atoms with E-state index < -0.39 is 6.10 Å². The molecule has 0 radical (unpaired) electrons. The molecule has 2 aromatic heterocycles. The fourth-order valence-electron chi connectivity index (χ4n) is 2.19. The number of aromatic nitrogens is 4. The number of hydrogen-bond donors (Lipinski definition) is 2. The van der Waals surface area contributed by atoms with Gasteiger partial charge in [-0.25, -0.2) is 15.0 Å². The minimum Gasteiger partial charge on any atom is -0.388 e. The molecule has 18 heavy (non-hydrogen) atoms. The van der Waals surface area contributed by atoms with Crippen molar-refractivity contribution in [2.45, 2.75) is 18.2 Å². The number of nitrogens with zero attached hydrogens (tertiary/aromatic N) is 4. The second kappa shape index (κ2) is 4.04. The fourth-order valence-corrected chi connectivity index (χ4v) is 2.19. The quantitative estimate of drug-likeness (QED) is 0.719. The van der Waals surface area contributed by atoms with Crippen molar-refractivity contribution in [3.05, 3.63) is 25.3 Å². The molecule has 94 valence electrons. The van der Waals surface area contributed by atoms with Crippen molar-refractivity contribution >= 4 is 17.0 Å². The van der Waals surface area contributed by atoms with Crippen molar-refractivity contribution in [3.63, 3.8) is 0 Å². The molecule has 1 aliphatic rings. The van der Waals surface area contributed by atoms with Gasteiger partial charge >= 0.3 is 0 Å². The first-order valence-electron chi connectivity index (χ1n) is 5.57. The van der Waals surface area contributed by atoms with Gasteiger partial charge in [-0.1, -0.05) is 6.08 Å². The van der Waals surface area contributed by atoms with Gasteiger partial charge in [-0.05, 0) is 0 Å². The Morgan fingerprint density at radius 2 is 2.33 bits per heavy atom. The molecule has 0 saturated carbocycles. The maximum absolute atomic E-state index is 10.1. The maximum Gasteiger partial charge on any atom is 0.165 e. The predicted octanol–water partition coefficient (Wildman–Crippen LogP) is -0.105. The number of hydrogen-bond acceptors (Lipinski definition) is 6. The largest absolute Gasteiger partial charge is 0.388 e. The van der Waals surface area contributed by atoms with Gasteiger partial charge in [0.2, 0.25) is 0 Å². The molecule has 3 N–H and O–H groups in total. The molecule has 3 atom stereocenters. The van der Waals surface area contributed by atoms with Crippen LogP contribution in [0.2, 0.25) is 0 Å². The van der Waals surface area contributed by atoms with Crippen molar-refractivity contribution in [1.82, 2.24) is 19.5 Å². The first-order valence-corrected chi connectivity index (χ1v) is 5.57. The van der Waals surface area contributed by atoms with Crippen LogP contribution in [0.4, 0.5) is 5.82 Å². The van der Waals surface area contributed by atoms with Crippen LogP contribution in [0.1, 0.15) is 6.04 Å². The highest BCUT2D eigenvalue weighted by Crippen LogP contribution is 2.28. The molecule has 0 amide bonds. The number of ether oxygens (including phenoxy) is 1. The van der Waals surface area contributed by atoms with Gasteiger partial charge in [-0.2, -0.15) is 0 Å². The van der Waals surface area contributed by atoms with Gasteiger partial charge in [0.25, 0.3) is 0 Å². The van der Waals surface area contributed by atoms with E-state index in [1.807, 2.05) is 0 Å². The predicted molar refractivity (Wildman–Crippen MR) is 64.7 cm³/mol. The SMILES string of the molecule is C=C[C@H]1OC[C@@H](n2cnc3c(N)ncnc32)[C@@H]1O. The molecule has 1 saturated heterocycles. The van der Waals surface area contributed by atoms with Crippen LogP contribution in [0.5, 0.6) is 0 Å². The fraction of sp³-hybridized carbons (Fsp3) is 0.364. The van der Waals surface area contributed by atoms with Gasteiger partial charge < -0.3 is 20.1 Å². The van der Waals surface area contributed by atoms with E-state index in [0.717, 1.165) is 0 Å². The third-order valence-electron chi connectivity index (χ3n) is 3.17. The molecule has 7 heteroatoms. The zero-order chi connectivity index (χ0) is 12.7. The van der Waals surface area contributed by atoms with E-state index in [9.17, 15) is 5.11 Å². The van der Waals surface area contributed by atoms with Gasteiger partial charge in [0.1, 0.15) is 24.1 Å². The summed E-state index contributed by atoms with van der Waals surface area (Å²) in [5.74, 6) is 0.326. The Kier molecular flexibility index (Phi) is 2.49. The van der Waals surface area contributed by atoms with Gasteiger partial charge in [0.15, 0.2) is 11.5 Å². The lowest BCUT2D eigenvalue weighted by molar-refractivity contribution is 0.0712. The minimum atomic E-state index is -0.670. The Balaban J connectivity index is 2.05. The summed E-state index contributed by atoms with van der Waals surface area (Å²) in [6.45, 7) is 4.01. The summed E-state index contributed by atoms with van der Waals surface area (Å²) in [5, 5.41) is 10.1. The summed E-state index contributed by atoms with van der Waals surface area (Å²) >= 11 is 0. The monoisotopic (exact) mass is 247 g/mol. The normalized spacial score (nSPS) is 27.7. The van der Waals surface area contributed by atoms with Crippen LogP contribution in [-0.2, 0) is 4.74 Å². The average molecular weight is 247 g/mol. The van der Waals surface area contributed by atoms with Gasteiger partial charge in [0, 0.05) is 0 Å². The number of nitrogen functional groups attached to an aromatic ring is 1. The Bertz CT molecular complexity index is 596. The van der Waals surface area contributed by atoms with Crippen molar-refractivity contribution in [2.75, 3.05) is 12.3 Å². The number of aliphatic hydroxyl groups is 1. The molecule has 7 nitrogen and oxygen atoms in total. The van der Waals surface area contributed by atoms with Crippen LogP contribution in [0.3, 0.4) is 0 Å². The Morgan fingerprint density at radius 1 is 1.50 bits per heavy atom. The molecule has 0 aromatic carbocycles. The molecule has 3 rings (SSSR count). The third kappa shape index (κ3) is 1.48. The van der Waals surface area contributed by atoms with Crippen LogP contribution >= 0.6 is 0 Å². The van der Waals surface area contributed by atoms with Gasteiger partial charge in [0.05, 0.1) is 19.0 Å². The zero-order valence-corrected chi connectivity index (χ0v) is 9.60. The van der Waals surface area contributed by atoms with Crippen molar-refractivity contribution in [3.8, 4) is 0 Å². The molecule has 0 spiro atoms. The zero-order valence-electron chi connectivity index (χ0n) is 9.60. The number of nitrogens with two attached hydrogens (primary N) is 1. The first-order chi connectivity index (χ1) is 8.72. The van der Waals surface area contributed by atoms with Crippen LogP contribution in [-0.4, -0.2) is 43.4 Å². The average Bonchev–Trinajstić information content (AvgIpc) is 2.93. The van der Waals surface area contributed by atoms with E-state index in [1.165, 1.54) is 6.33 Å². The number of imidazole rings is 1. The van der Waals surface area contributed by atoms with Crippen molar-refractivity contribution in [1.29, 1.82) is 0 Å². The lowest BCUT2D eigenvalue weighted by atomic mass is 10.1. The standard InChI is InChI=1S/C11H13N5O2/c1-2-7-9(17)6(3-18-7)16-5-15-8-10(12)13-4-14-11(8)16/h2,4-7,9,17H,1,3H2,(H2,12,13,14)/t6-,7-,9+/m1/s1. The van der Waals surface area contributed by atoms with Crippen LogP contribution in [0.25, 0.3) is 11.2 Å². The molecule has 3 heterocycles. The second-order valence-corrected chi connectivity index (χ2v) is 4.17. The smallest absolute Gasteiger partial charge is 0.165 e. The molecule has 0 unspecified atom stereocenters. The van der Waals surface area contributed by atoms with Crippen LogP contribution in [0, 0.1) is 0 Å². The van der Waals surface area contributed by atoms with E-state index in [2.05, 4.69) is 21.5 Å². The van der Waals surface area contributed by atoms with E-state index in [0.29, 0.717) is 23.6 Å². The maximum atomic E-state index is 10.1. The number of rotatable bonds is 2. The molecule has 2 aromatic rings. The summed E-state index contributed by atoms with van der Waals surface area (Å²) < 4.78 is 7.20. The Labute approximate surface area is 103 Å². The minimum absolute atomic E-state index is 0.243. The van der Waals surface area contributed by atoms with Crippen LogP contribution in [0.15, 0.2) is 25.3 Å². The van der Waals surface area contributed by atoms with Crippen LogP contribution < -0.4 is 5.73 Å². The molecule has 1 fully saturated rings. The number of anilines is 1. The Morgan fingerprint density at radius 3 is 3.06 bits per heavy atom. The number of fused-ring (bicyclic) bond motifs is 1. The highest BCUT2D eigenvalue weighted by Gasteiger charge is 2.36. The third-order valence-corrected chi connectivity index (χ3v) is 3.17. The van der Waals surface area contributed by atoms with E-state index >= 15 is 0 Å². The first kappa shape index (κ1) is 11.1.